The summed E-state index contributed by atoms with van der Waals surface area (Å²) in [5.74, 6) is 0.768. The van der Waals surface area contributed by atoms with E-state index in [0.717, 1.165) is 13.1 Å². The highest BCUT2D eigenvalue weighted by Gasteiger charge is 2.32. The quantitative estimate of drug-likeness (QED) is 0.791. The molecule has 17 heavy (non-hydrogen) atoms. The molecule has 92 valence electrons. The Bertz CT molecular complexity index is 401. The first-order valence-electron chi connectivity index (χ1n) is 6.29. The Balaban J connectivity index is 2.21. The van der Waals surface area contributed by atoms with E-state index in [2.05, 4.69) is 49.5 Å². The molecule has 0 aromatic carbocycles. The number of carbonyl (C=O) groups is 1. The van der Waals surface area contributed by atoms with Gasteiger partial charge in [-0.2, -0.15) is 0 Å². The summed E-state index contributed by atoms with van der Waals surface area (Å²) in [7, 11) is 0. The van der Waals surface area contributed by atoms with Crippen LogP contribution in [0.15, 0.2) is 36.0 Å². The maximum atomic E-state index is 11.6. The lowest BCUT2D eigenvalue weighted by molar-refractivity contribution is -0.120. The van der Waals surface area contributed by atoms with E-state index in [1.165, 1.54) is 5.57 Å². The van der Waals surface area contributed by atoms with Crippen LogP contribution in [0.25, 0.3) is 0 Å². The largest absolute Gasteiger partial charge is 0.315 e. The van der Waals surface area contributed by atoms with Crippen LogP contribution in [-0.4, -0.2) is 18.9 Å². The smallest absolute Gasteiger partial charge is 0.134 e. The molecule has 1 heterocycles. The van der Waals surface area contributed by atoms with Gasteiger partial charge in [-0.05, 0) is 12.5 Å². The fourth-order valence-corrected chi connectivity index (χ4v) is 2.53. The van der Waals surface area contributed by atoms with Crippen molar-refractivity contribution in [2.24, 2.45) is 17.3 Å². The Hall–Kier alpha value is -1.15. The maximum absolute atomic E-state index is 11.6. The third kappa shape index (κ3) is 2.75. The second-order valence-corrected chi connectivity index (χ2v) is 5.66. The fourth-order valence-electron chi connectivity index (χ4n) is 2.53. The zero-order valence-corrected chi connectivity index (χ0v) is 10.9. The third-order valence-electron chi connectivity index (χ3n) is 3.68. The van der Waals surface area contributed by atoms with Gasteiger partial charge in [0.25, 0.3) is 0 Å². The number of nitrogens with one attached hydrogen (secondary N) is 1. The molecule has 2 aliphatic rings. The molecule has 0 saturated carbocycles. The highest BCUT2D eigenvalue weighted by Crippen LogP contribution is 2.30. The van der Waals surface area contributed by atoms with Gasteiger partial charge in [-0.15, -0.1) is 0 Å². The summed E-state index contributed by atoms with van der Waals surface area (Å²) in [5.41, 5.74) is 1.38. The lowest BCUT2D eigenvalue weighted by Gasteiger charge is -2.17. The van der Waals surface area contributed by atoms with Crippen LogP contribution in [-0.2, 0) is 4.79 Å². The molecule has 1 fully saturated rings. The molecule has 2 atom stereocenters. The SMILES string of the molecule is CC(=O)C1CNCC1C1=CC=CC(C)(C)C=C1. The van der Waals surface area contributed by atoms with Crippen LogP contribution in [0.2, 0.25) is 0 Å². The summed E-state index contributed by atoms with van der Waals surface area (Å²) >= 11 is 0. The Morgan fingerprint density at radius 1 is 1.35 bits per heavy atom. The number of Topliss-reactive ketones (excluding diaryl/α,β-unsaturated/α-hetero) is 1. The molecular weight excluding hydrogens is 210 g/mol. The molecular formula is C15H21NO. The molecule has 2 unspecified atom stereocenters. The van der Waals surface area contributed by atoms with Crippen molar-refractivity contribution in [1.82, 2.24) is 5.32 Å². The molecule has 0 bridgehead atoms. The Morgan fingerprint density at radius 2 is 2.12 bits per heavy atom. The average Bonchev–Trinajstić information content (AvgIpc) is 2.65. The third-order valence-corrected chi connectivity index (χ3v) is 3.68. The van der Waals surface area contributed by atoms with E-state index in [9.17, 15) is 4.79 Å². The first kappa shape index (κ1) is 12.3. The van der Waals surface area contributed by atoms with E-state index in [0.29, 0.717) is 11.7 Å². The van der Waals surface area contributed by atoms with Crippen LogP contribution in [0, 0.1) is 17.3 Å². The van der Waals surface area contributed by atoms with Crippen LogP contribution in [0.5, 0.6) is 0 Å². The van der Waals surface area contributed by atoms with Gasteiger partial charge in [-0.1, -0.05) is 44.2 Å². The van der Waals surface area contributed by atoms with Gasteiger partial charge in [-0.3, -0.25) is 4.79 Å². The summed E-state index contributed by atoms with van der Waals surface area (Å²) in [5, 5.41) is 3.32. The molecule has 1 N–H and O–H groups in total. The van der Waals surface area contributed by atoms with Crippen molar-refractivity contribution in [2.75, 3.05) is 13.1 Å². The molecule has 2 rings (SSSR count). The van der Waals surface area contributed by atoms with Crippen LogP contribution in [0.4, 0.5) is 0 Å². The van der Waals surface area contributed by atoms with Crippen molar-refractivity contribution in [3.8, 4) is 0 Å². The Labute approximate surface area is 103 Å². The lowest BCUT2D eigenvalue weighted by Crippen LogP contribution is -2.21. The zero-order valence-electron chi connectivity index (χ0n) is 10.9. The van der Waals surface area contributed by atoms with Crippen molar-refractivity contribution >= 4 is 5.78 Å². The first-order chi connectivity index (χ1) is 7.99. The molecule has 0 amide bonds. The first-order valence-corrected chi connectivity index (χ1v) is 6.29. The van der Waals surface area contributed by atoms with Gasteiger partial charge in [0, 0.05) is 30.3 Å². The molecule has 0 radical (unpaired) electrons. The summed E-state index contributed by atoms with van der Waals surface area (Å²) in [6, 6.07) is 0. The summed E-state index contributed by atoms with van der Waals surface area (Å²) in [6.45, 7) is 7.80. The average molecular weight is 231 g/mol. The highest BCUT2D eigenvalue weighted by atomic mass is 16.1. The second kappa shape index (κ2) is 4.61. The molecule has 1 saturated heterocycles. The van der Waals surface area contributed by atoms with E-state index >= 15 is 0 Å². The topological polar surface area (TPSA) is 29.1 Å². The van der Waals surface area contributed by atoms with E-state index in [-0.39, 0.29) is 11.3 Å². The van der Waals surface area contributed by atoms with Gasteiger partial charge in [-0.25, -0.2) is 0 Å². The molecule has 0 aromatic rings. The molecule has 1 aliphatic heterocycles. The van der Waals surface area contributed by atoms with Gasteiger partial charge in [0.2, 0.25) is 0 Å². The Kier molecular flexibility index (Phi) is 3.34. The predicted molar refractivity (Wildman–Crippen MR) is 70.7 cm³/mol. The number of carbonyl (C=O) groups excluding carboxylic acids is 1. The van der Waals surface area contributed by atoms with Crippen molar-refractivity contribution in [1.29, 1.82) is 0 Å². The minimum Gasteiger partial charge on any atom is -0.315 e. The van der Waals surface area contributed by atoms with Crippen molar-refractivity contribution in [2.45, 2.75) is 20.8 Å². The van der Waals surface area contributed by atoms with Gasteiger partial charge in [0.15, 0.2) is 0 Å². The molecule has 1 aliphatic carbocycles. The van der Waals surface area contributed by atoms with E-state index in [1.54, 1.807) is 6.92 Å². The van der Waals surface area contributed by atoms with Crippen LogP contribution < -0.4 is 5.32 Å². The summed E-state index contributed by atoms with van der Waals surface area (Å²) < 4.78 is 0. The standard InChI is InChI=1S/C15H21NO/c1-11(17)13-9-16-10-14(13)12-5-4-7-15(2,3)8-6-12/h4-8,13-14,16H,9-10H2,1-3H3. The van der Waals surface area contributed by atoms with Gasteiger partial charge in [0.1, 0.15) is 5.78 Å². The van der Waals surface area contributed by atoms with Crippen molar-refractivity contribution in [3.63, 3.8) is 0 Å². The van der Waals surface area contributed by atoms with Crippen LogP contribution in [0.3, 0.4) is 0 Å². The predicted octanol–water partition coefficient (Wildman–Crippen LogP) is 2.49. The van der Waals surface area contributed by atoms with E-state index in [1.807, 2.05) is 0 Å². The summed E-state index contributed by atoms with van der Waals surface area (Å²) in [6.07, 6.45) is 10.9. The van der Waals surface area contributed by atoms with Gasteiger partial charge in [0.05, 0.1) is 0 Å². The number of hydrogen-bond acceptors (Lipinski definition) is 2. The van der Waals surface area contributed by atoms with Gasteiger partial charge >= 0.3 is 0 Å². The highest BCUT2D eigenvalue weighted by molar-refractivity contribution is 5.79. The van der Waals surface area contributed by atoms with E-state index < -0.39 is 0 Å². The van der Waals surface area contributed by atoms with E-state index in [4.69, 9.17) is 0 Å². The molecule has 2 heteroatoms. The lowest BCUT2D eigenvalue weighted by atomic mass is 9.85. The second-order valence-electron chi connectivity index (χ2n) is 5.66. The molecule has 0 aromatic heterocycles. The maximum Gasteiger partial charge on any atom is 0.134 e. The Morgan fingerprint density at radius 3 is 2.82 bits per heavy atom. The molecule has 0 spiro atoms. The number of rotatable bonds is 2. The normalized spacial score (nSPS) is 31.1. The van der Waals surface area contributed by atoms with Gasteiger partial charge < -0.3 is 5.32 Å². The van der Waals surface area contributed by atoms with Crippen molar-refractivity contribution < 1.29 is 4.79 Å². The monoisotopic (exact) mass is 231 g/mol. The van der Waals surface area contributed by atoms with Crippen LogP contribution >= 0.6 is 0 Å². The molecule has 2 nitrogen and oxygen atoms in total. The van der Waals surface area contributed by atoms with Crippen molar-refractivity contribution in [3.05, 3.63) is 36.0 Å². The van der Waals surface area contributed by atoms with Crippen LogP contribution in [0.1, 0.15) is 20.8 Å². The summed E-state index contributed by atoms with van der Waals surface area (Å²) in [4.78, 5) is 11.6. The minimum atomic E-state index is 0.107. The minimum absolute atomic E-state index is 0.107. The number of allylic oxidation sites excluding steroid dienone is 5. The number of ketones is 1. The number of hydrogen-bond donors (Lipinski definition) is 1. The fraction of sp³-hybridized carbons (Fsp3) is 0.533. The zero-order chi connectivity index (χ0) is 12.5.